The van der Waals surface area contributed by atoms with Crippen molar-refractivity contribution >= 4 is 23.0 Å². The van der Waals surface area contributed by atoms with Crippen LogP contribution in [0.4, 0.5) is 0 Å². The summed E-state index contributed by atoms with van der Waals surface area (Å²) < 4.78 is 4.91. The predicted octanol–water partition coefficient (Wildman–Crippen LogP) is 2.49. The molecule has 2 aromatic rings. The number of carbonyl (C=O) groups excluding carboxylic acids is 2. The minimum atomic E-state index is -0.344. The van der Waals surface area contributed by atoms with Gasteiger partial charge in [-0.15, -0.1) is 11.3 Å². The van der Waals surface area contributed by atoms with Crippen molar-refractivity contribution in [3.63, 3.8) is 0 Å². The molecular weight excluding hydrogens is 340 g/mol. The average molecular weight is 360 g/mol. The molecule has 2 aromatic heterocycles. The summed E-state index contributed by atoms with van der Waals surface area (Å²) in [6.07, 6.45) is 2.93. The first-order valence-electron chi connectivity index (χ1n) is 8.15. The maximum atomic E-state index is 12.7. The van der Waals surface area contributed by atoms with Crippen LogP contribution in [-0.4, -0.2) is 41.8 Å². The summed E-state index contributed by atoms with van der Waals surface area (Å²) in [7, 11) is 1.40. The van der Waals surface area contributed by atoms with E-state index in [1.807, 2.05) is 18.4 Å². The summed E-state index contributed by atoms with van der Waals surface area (Å²) in [5.41, 5.74) is 0.854. The highest BCUT2D eigenvalue weighted by Crippen LogP contribution is 2.26. The van der Waals surface area contributed by atoms with Crippen LogP contribution >= 0.6 is 11.3 Å². The Balaban J connectivity index is 1.76. The number of ketones is 1. The van der Waals surface area contributed by atoms with Gasteiger partial charge in [0.05, 0.1) is 12.0 Å². The highest BCUT2D eigenvalue weighted by molar-refractivity contribution is 7.12. The van der Waals surface area contributed by atoms with E-state index in [4.69, 9.17) is 4.74 Å². The lowest BCUT2D eigenvalue weighted by molar-refractivity contribution is 0.0633. The van der Waals surface area contributed by atoms with Crippen molar-refractivity contribution in [1.82, 2.24) is 9.88 Å². The molecular formula is C18H20N2O4S. The average Bonchev–Trinajstić information content (AvgIpc) is 3.06. The third kappa shape index (κ3) is 3.51. The van der Waals surface area contributed by atoms with E-state index in [2.05, 4.69) is 4.98 Å². The van der Waals surface area contributed by atoms with Gasteiger partial charge in [0, 0.05) is 31.3 Å². The van der Waals surface area contributed by atoms with Gasteiger partial charge in [0.2, 0.25) is 5.43 Å². The fourth-order valence-electron chi connectivity index (χ4n) is 3.10. The van der Waals surface area contributed by atoms with E-state index < -0.39 is 0 Å². The van der Waals surface area contributed by atoms with Gasteiger partial charge in [-0.2, -0.15) is 0 Å². The third-order valence-electron chi connectivity index (χ3n) is 4.49. The Kier molecular flexibility index (Phi) is 5.03. The predicted molar refractivity (Wildman–Crippen MR) is 95.6 cm³/mol. The molecule has 0 radical (unpaired) electrons. The quantitative estimate of drug-likeness (QED) is 0.850. The molecule has 0 aliphatic carbocycles. The number of likely N-dealkylation sites (tertiary alicyclic amines) is 1. The van der Waals surface area contributed by atoms with Crippen molar-refractivity contribution in [1.29, 1.82) is 0 Å². The van der Waals surface area contributed by atoms with Crippen molar-refractivity contribution in [3.8, 4) is 5.75 Å². The van der Waals surface area contributed by atoms with Crippen LogP contribution in [0.3, 0.4) is 0 Å². The summed E-state index contributed by atoms with van der Waals surface area (Å²) in [6, 6.07) is 3.18. The zero-order valence-corrected chi connectivity index (χ0v) is 15.0. The Morgan fingerprint density at radius 3 is 2.84 bits per heavy atom. The third-order valence-corrected chi connectivity index (χ3v) is 5.52. The summed E-state index contributed by atoms with van der Waals surface area (Å²) in [4.78, 5) is 42.5. The van der Waals surface area contributed by atoms with Crippen molar-refractivity contribution < 1.29 is 14.3 Å². The Bertz CT molecular complexity index is 855. The summed E-state index contributed by atoms with van der Waals surface area (Å²) in [5, 5.41) is 1.91. The summed E-state index contributed by atoms with van der Waals surface area (Å²) in [5.74, 6) is -0.190. The number of nitrogens with zero attached hydrogens (tertiary/aromatic N) is 1. The molecule has 0 bridgehead atoms. The van der Waals surface area contributed by atoms with E-state index >= 15 is 0 Å². The SMILES string of the molecule is COc1c[nH]c(C(=O)N2CCCC(C(=O)c3sccc3C)C2)cc1=O. The first-order chi connectivity index (χ1) is 12.0. The van der Waals surface area contributed by atoms with E-state index in [0.717, 1.165) is 23.3 Å². The van der Waals surface area contributed by atoms with Crippen LogP contribution in [0.1, 0.15) is 38.6 Å². The maximum Gasteiger partial charge on any atom is 0.270 e. The number of carbonyl (C=O) groups is 2. The number of nitrogens with one attached hydrogen (secondary N) is 1. The molecule has 1 unspecified atom stereocenters. The number of aromatic amines is 1. The summed E-state index contributed by atoms with van der Waals surface area (Å²) in [6.45, 7) is 2.89. The van der Waals surface area contributed by atoms with Gasteiger partial charge in [-0.05, 0) is 36.8 Å². The highest BCUT2D eigenvalue weighted by atomic mass is 32.1. The fourth-order valence-corrected chi connectivity index (χ4v) is 4.04. The summed E-state index contributed by atoms with van der Waals surface area (Å²) >= 11 is 1.45. The number of hydrogen-bond donors (Lipinski definition) is 1. The number of hydrogen-bond acceptors (Lipinski definition) is 5. The van der Waals surface area contributed by atoms with Gasteiger partial charge in [0.1, 0.15) is 5.69 Å². The number of thiophene rings is 1. The lowest BCUT2D eigenvalue weighted by Gasteiger charge is -2.31. The number of Topliss-reactive ketones (excluding diaryl/α,β-unsaturated/α-hetero) is 1. The topological polar surface area (TPSA) is 79.5 Å². The molecule has 3 heterocycles. The first-order valence-corrected chi connectivity index (χ1v) is 9.03. The molecule has 132 valence electrons. The van der Waals surface area contributed by atoms with Crippen molar-refractivity contribution in [2.45, 2.75) is 19.8 Å². The van der Waals surface area contributed by atoms with Crippen molar-refractivity contribution in [3.05, 3.63) is 50.1 Å². The minimum Gasteiger partial charge on any atom is -0.491 e. The zero-order chi connectivity index (χ0) is 18.0. The van der Waals surface area contributed by atoms with E-state index in [0.29, 0.717) is 13.1 Å². The van der Waals surface area contributed by atoms with Crippen LogP contribution in [-0.2, 0) is 0 Å². The number of methoxy groups -OCH3 is 1. The molecule has 1 amide bonds. The van der Waals surface area contributed by atoms with Gasteiger partial charge in [0.15, 0.2) is 11.5 Å². The Morgan fingerprint density at radius 1 is 1.40 bits per heavy atom. The largest absolute Gasteiger partial charge is 0.491 e. The highest BCUT2D eigenvalue weighted by Gasteiger charge is 2.31. The van der Waals surface area contributed by atoms with Crippen LogP contribution in [0.15, 0.2) is 28.5 Å². The Morgan fingerprint density at radius 2 is 2.20 bits per heavy atom. The van der Waals surface area contributed by atoms with Gasteiger partial charge in [-0.25, -0.2) is 0 Å². The van der Waals surface area contributed by atoms with E-state index in [9.17, 15) is 14.4 Å². The standard InChI is InChI=1S/C18H20N2O4S/c1-11-5-7-25-17(11)16(22)12-4-3-6-20(10-12)18(23)13-8-14(21)15(24-2)9-19-13/h5,7-9,12H,3-4,6,10H2,1-2H3,(H,19,21). The number of amides is 1. The monoisotopic (exact) mass is 360 g/mol. The van der Waals surface area contributed by atoms with E-state index in [-0.39, 0.29) is 34.5 Å². The zero-order valence-electron chi connectivity index (χ0n) is 14.2. The molecule has 1 aliphatic heterocycles. The van der Waals surface area contributed by atoms with Gasteiger partial charge < -0.3 is 14.6 Å². The first kappa shape index (κ1) is 17.4. The Hall–Kier alpha value is -2.41. The van der Waals surface area contributed by atoms with Gasteiger partial charge in [-0.1, -0.05) is 0 Å². The van der Waals surface area contributed by atoms with Crippen molar-refractivity contribution in [2.24, 2.45) is 5.92 Å². The minimum absolute atomic E-state index is 0.105. The molecule has 1 atom stereocenters. The number of aryl methyl sites for hydroxylation is 1. The number of rotatable bonds is 4. The molecule has 6 nitrogen and oxygen atoms in total. The van der Waals surface area contributed by atoms with Crippen molar-refractivity contribution in [2.75, 3.05) is 20.2 Å². The number of ether oxygens (including phenoxy) is 1. The lowest BCUT2D eigenvalue weighted by Crippen LogP contribution is -2.42. The normalized spacial score (nSPS) is 17.4. The molecule has 1 N–H and O–H groups in total. The molecule has 1 aliphatic rings. The van der Waals surface area contributed by atoms with Crippen LogP contribution in [0.25, 0.3) is 0 Å². The number of aromatic nitrogens is 1. The molecule has 7 heteroatoms. The second kappa shape index (κ2) is 7.23. The second-order valence-corrected chi connectivity index (χ2v) is 7.08. The van der Waals surface area contributed by atoms with Gasteiger partial charge in [-0.3, -0.25) is 14.4 Å². The van der Waals surface area contributed by atoms with Gasteiger partial charge in [0.25, 0.3) is 5.91 Å². The number of pyridine rings is 1. The van der Waals surface area contributed by atoms with E-state index in [1.165, 1.54) is 30.7 Å². The van der Waals surface area contributed by atoms with E-state index in [1.54, 1.807) is 4.90 Å². The molecule has 0 saturated carbocycles. The fraction of sp³-hybridized carbons (Fsp3) is 0.389. The molecule has 0 spiro atoms. The maximum absolute atomic E-state index is 12.7. The number of piperidine rings is 1. The number of H-pyrrole nitrogens is 1. The molecule has 1 fully saturated rings. The second-order valence-electron chi connectivity index (χ2n) is 6.17. The Labute approximate surface area is 149 Å². The van der Waals surface area contributed by atoms with Crippen LogP contribution in [0.5, 0.6) is 5.75 Å². The molecule has 3 rings (SSSR count). The smallest absolute Gasteiger partial charge is 0.270 e. The lowest BCUT2D eigenvalue weighted by atomic mass is 9.92. The van der Waals surface area contributed by atoms with Crippen LogP contribution in [0.2, 0.25) is 0 Å². The van der Waals surface area contributed by atoms with Crippen LogP contribution in [0, 0.1) is 12.8 Å². The molecule has 0 aromatic carbocycles. The van der Waals surface area contributed by atoms with Gasteiger partial charge >= 0.3 is 0 Å². The van der Waals surface area contributed by atoms with Crippen LogP contribution < -0.4 is 10.2 Å². The molecule has 1 saturated heterocycles. The molecule has 25 heavy (non-hydrogen) atoms.